The molecule has 1 aliphatic rings. The van der Waals surface area contributed by atoms with Crippen LogP contribution >= 0.6 is 11.8 Å². The average molecular weight is 408 g/mol. The molecule has 0 N–H and O–H groups in total. The van der Waals surface area contributed by atoms with Gasteiger partial charge in [-0.1, -0.05) is 24.3 Å². The van der Waals surface area contributed by atoms with Gasteiger partial charge < -0.3 is 4.74 Å². The molecular formula is C19H17FO5S2. The topological polar surface area (TPSA) is 77.5 Å². The summed E-state index contributed by atoms with van der Waals surface area (Å²) in [6.45, 7) is -0.501. The first kappa shape index (κ1) is 19.6. The largest absolute Gasteiger partial charge is 0.454 e. The van der Waals surface area contributed by atoms with E-state index in [1.54, 1.807) is 24.3 Å². The number of Topliss-reactive ketones (excluding diaryl/α,β-unsaturated/α-hetero) is 1. The maximum Gasteiger partial charge on any atom is 0.339 e. The lowest BCUT2D eigenvalue weighted by Gasteiger charge is -2.12. The Labute approximate surface area is 160 Å². The summed E-state index contributed by atoms with van der Waals surface area (Å²) < 4.78 is 41.5. The molecule has 0 unspecified atom stereocenters. The Hall–Kier alpha value is -2.19. The van der Waals surface area contributed by atoms with Crippen molar-refractivity contribution in [3.05, 3.63) is 65.5 Å². The minimum Gasteiger partial charge on any atom is -0.454 e. The van der Waals surface area contributed by atoms with E-state index in [2.05, 4.69) is 0 Å². The number of halogens is 1. The molecule has 2 aromatic carbocycles. The fourth-order valence-corrected chi connectivity index (χ4v) is 6.34. The zero-order chi connectivity index (χ0) is 19.4. The Morgan fingerprint density at radius 1 is 1.15 bits per heavy atom. The lowest BCUT2D eigenvalue weighted by Crippen LogP contribution is -2.15. The zero-order valence-corrected chi connectivity index (χ0v) is 15.9. The highest BCUT2D eigenvalue weighted by atomic mass is 32.2. The Bertz CT molecular complexity index is 972. The molecule has 0 bridgehead atoms. The third kappa shape index (κ3) is 5.17. The van der Waals surface area contributed by atoms with Crippen LogP contribution in [0.15, 0.2) is 53.4 Å². The number of carbonyl (C=O) groups excluding carboxylic acids is 2. The lowest BCUT2D eigenvalue weighted by molar-refractivity contribution is 0.0471. The molecule has 0 saturated carbocycles. The number of thioether (sulfide) groups is 1. The molecule has 0 aromatic heterocycles. The number of rotatable bonds is 6. The van der Waals surface area contributed by atoms with Crippen molar-refractivity contribution in [2.75, 3.05) is 18.1 Å². The van der Waals surface area contributed by atoms with Gasteiger partial charge in [0.1, 0.15) is 5.82 Å². The molecule has 142 valence electrons. The monoisotopic (exact) mass is 408 g/mol. The van der Waals surface area contributed by atoms with Gasteiger partial charge in [0.2, 0.25) is 0 Å². The van der Waals surface area contributed by atoms with Gasteiger partial charge in [-0.05, 0) is 30.7 Å². The quantitative estimate of drug-likeness (QED) is 0.540. The smallest absolute Gasteiger partial charge is 0.339 e. The molecule has 0 amide bonds. The Balaban J connectivity index is 1.66. The van der Waals surface area contributed by atoms with E-state index in [1.807, 2.05) is 0 Å². The highest BCUT2D eigenvalue weighted by molar-refractivity contribution is 8.02. The molecule has 1 fully saturated rings. The summed E-state index contributed by atoms with van der Waals surface area (Å²) in [5.74, 6) is -1.49. The van der Waals surface area contributed by atoms with Crippen molar-refractivity contribution < 1.29 is 27.1 Å². The number of esters is 1. The maximum absolute atomic E-state index is 13.2. The SMILES string of the molecule is O=C(COC(=O)c1ccccc1S[C@@H]1CCS(=O)(=O)C1)c1cccc(F)c1. The lowest BCUT2D eigenvalue weighted by atomic mass is 10.1. The van der Waals surface area contributed by atoms with E-state index in [0.717, 1.165) is 6.07 Å². The summed E-state index contributed by atoms with van der Waals surface area (Å²) in [5, 5.41) is -0.113. The fraction of sp³-hybridized carbons (Fsp3) is 0.263. The van der Waals surface area contributed by atoms with Gasteiger partial charge in [0.05, 0.1) is 17.1 Å². The Morgan fingerprint density at radius 2 is 1.93 bits per heavy atom. The molecule has 1 atom stereocenters. The molecule has 0 radical (unpaired) electrons. The first-order valence-electron chi connectivity index (χ1n) is 8.26. The second-order valence-corrected chi connectivity index (χ2v) is 9.72. The molecule has 3 rings (SSSR count). The summed E-state index contributed by atoms with van der Waals surface area (Å²) in [4.78, 5) is 25.1. The number of sulfone groups is 1. The molecule has 1 saturated heterocycles. The van der Waals surface area contributed by atoms with Crippen LogP contribution < -0.4 is 0 Å². The van der Waals surface area contributed by atoms with Gasteiger partial charge in [0.25, 0.3) is 0 Å². The highest BCUT2D eigenvalue weighted by Gasteiger charge is 2.29. The van der Waals surface area contributed by atoms with Crippen LogP contribution in [0.5, 0.6) is 0 Å². The van der Waals surface area contributed by atoms with E-state index in [0.29, 0.717) is 11.3 Å². The van der Waals surface area contributed by atoms with Crippen LogP contribution in [0, 0.1) is 5.82 Å². The van der Waals surface area contributed by atoms with Gasteiger partial charge in [-0.3, -0.25) is 4.79 Å². The standard InChI is InChI=1S/C19H17FO5S2/c20-14-5-3-4-13(10-14)17(21)11-25-19(22)16-6-1-2-7-18(16)26-15-8-9-27(23,24)12-15/h1-7,10,15H,8-9,11-12H2/t15-/m1/s1. The summed E-state index contributed by atoms with van der Waals surface area (Å²) >= 11 is 1.33. The van der Waals surface area contributed by atoms with Crippen molar-refractivity contribution in [3.63, 3.8) is 0 Å². The minimum atomic E-state index is -3.02. The average Bonchev–Trinajstić information content (AvgIpc) is 2.98. The van der Waals surface area contributed by atoms with E-state index in [1.165, 1.54) is 30.0 Å². The number of benzene rings is 2. The predicted molar refractivity (Wildman–Crippen MR) is 100 cm³/mol. The highest BCUT2D eigenvalue weighted by Crippen LogP contribution is 2.33. The summed E-state index contributed by atoms with van der Waals surface area (Å²) in [6.07, 6.45) is 0.536. The van der Waals surface area contributed by atoms with Gasteiger partial charge in [0.15, 0.2) is 22.2 Å². The van der Waals surface area contributed by atoms with E-state index >= 15 is 0 Å². The van der Waals surface area contributed by atoms with Crippen LogP contribution in [0.4, 0.5) is 4.39 Å². The fourth-order valence-electron chi connectivity index (χ4n) is 2.73. The molecule has 8 heteroatoms. The molecule has 0 aliphatic carbocycles. The Morgan fingerprint density at radius 3 is 2.63 bits per heavy atom. The van der Waals surface area contributed by atoms with Crippen molar-refractivity contribution in [1.29, 1.82) is 0 Å². The number of ketones is 1. The molecule has 27 heavy (non-hydrogen) atoms. The number of hydrogen-bond donors (Lipinski definition) is 0. The van der Waals surface area contributed by atoms with Gasteiger partial charge in [-0.25, -0.2) is 17.6 Å². The second kappa shape index (κ2) is 8.22. The van der Waals surface area contributed by atoms with E-state index < -0.39 is 34.0 Å². The first-order valence-corrected chi connectivity index (χ1v) is 11.0. The third-order valence-electron chi connectivity index (χ3n) is 4.07. The van der Waals surface area contributed by atoms with Crippen molar-refractivity contribution in [1.82, 2.24) is 0 Å². The van der Waals surface area contributed by atoms with Gasteiger partial charge in [0, 0.05) is 15.7 Å². The summed E-state index contributed by atoms with van der Waals surface area (Å²) in [6, 6.07) is 11.9. The molecular weight excluding hydrogens is 391 g/mol. The molecule has 1 aliphatic heterocycles. The molecule has 5 nitrogen and oxygen atoms in total. The van der Waals surface area contributed by atoms with E-state index in [-0.39, 0.29) is 27.9 Å². The van der Waals surface area contributed by atoms with Crippen LogP contribution in [-0.2, 0) is 14.6 Å². The van der Waals surface area contributed by atoms with Crippen molar-refractivity contribution >= 4 is 33.4 Å². The second-order valence-electron chi connectivity index (χ2n) is 6.15. The summed E-state index contributed by atoms with van der Waals surface area (Å²) in [7, 11) is -3.02. The molecule has 0 spiro atoms. The van der Waals surface area contributed by atoms with Crippen molar-refractivity contribution in [2.45, 2.75) is 16.6 Å². The number of hydrogen-bond acceptors (Lipinski definition) is 6. The van der Waals surface area contributed by atoms with E-state index in [4.69, 9.17) is 4.74 Å². The van der Waals surface area contributed by atoms with Crippen LogP contribution in [0.25, 0.3) is 0 Å². The summed E-state index contributed by atoms with van der Waals surface area (Å²) in [5.41, 5.74) is 0.403. The van der Waals surface area contributed by atoms with Crippen molar-refractivity contribution in [3.8, 4) is 0 Å². The van der Waals surface area contributed by atoms with E-state index in [9.17, 15) is 22.4 Å². The Kier molecular flexibility index (Phi) is 5.96. The van der Waals surface area contributed by atoms with Gasteiger partial charge in [-0.15, -0.1) is 11.8 Å². The van der Waals surface area contributed by atoms with Gasteiger partial charge in [-0.2, -0.15) is 0 Å². The third-order valence-corrected chi connectivity index (χ3v) is 7.40. The number of carbonyl (C=O) groups is 2. The zero-order valence-electron chi connectivity index (χ0n) is 14.3. The number of ether oxygens (including phenoxy) is 1. The van der Waals surface area contributed by atoms with Crippen molar-refractivity contribution in [2.24, 2.45) is 0 Å². The molecule has 2 aromatic rings. The van der Waals surface area contributed by atoms with Crippen LogP contribution in [0.3, 0.4) is 0 Å². The van der Waals surface area contributed by atoms with Crippen LogP contribution in [-0.4, -0.2) is 43.5 Å². The predicted octanol–water partition coefficient (Wildman–Crippen LogP) is 3.14. The molecule has 1 heterocycles. The maximum atomic E-state index is 13.2. The van der Waals surface area contributed by atoms with Crippen LogP contribution in [0.2, 0.25) is 0 Å². The normalized spacial score (nSPS) is 18.2. The van der Waals surface area contributed by atoms with Gasteiger partial charge >= 0.3 is 5.97 Å². The first-order chi connectivity index (χ1) is 12.8. The minimum absolute atomic E-state index is 0.0824. The van der Waals surface area contributed by atoms with Crippen LogP contribution in [0.1, 0.15) is 27.1 Å².